The molecule has 3 fully saturated rings. The van der Waals surface area contributed by atoms with Crippen molar-refractivity contribution in [1.82, 2.24) is 20.2 Å². The summed E-state index contributed by atoms with van der Waals surface area (Å²) in [6.07, 6.45) is 8.15. The molecular formula is C37H54N4O7. The number of ketones is 4. The van der Waals surface area contributed by atoms with Gasteiger partial charge in [-0.3, -0.25) is 33.8 Å². The first-order valence-corrected chi connectivity index (χ1v) is 17.7. The lowest BCUT2D eigenvalue weighted by molar-refractivity contribution is -0.146. The third-order valence-electron chi connectivity index (χ3n) is 10.7. The molecule has 4 rings (SSSR count). The van der Waals surface area contributed by atoms with Crippen LogP contribution in [0.25, 0.3) is 0 Å². The van der Waals surface area contributed by atoms with Crippen molar-refractivity contribution in [2.45, 2.75) is 124 Å². The van der Waals surface area contributed by atoms with Crippen LogP contribution in [-0.2, 0) is 24.0 Å². The summed E-state index contributed by atoms with van der Waals surface area (Å²) in [6.45, 7) is 12.9. The number of hydrogen-bond donors (Lipinski definition) is 2. The number of nitrogens with zero attached hydrogens (tertiary/aromatic N) is 3. The van der Waals surface area contributed by atoms with E-state index in [0.717, 1.165) is 12.8 Å². The second kappa shape index (κ2) is 15.0. The van der Waals surface area contributed by atoms with Gasteiger partial charge in [-0.15, -0.1) is 0 Å². The highest BCUT2D eigenvalue weighted by Gasteiger charge is 2.58. The van der Waals surface area contributed by atoms with Gasteiger partial charge in [0.1, 0.15) is 11.7 Å². The maximum Gasteiger partial charge on any atom is 0.246 e. The first-order chi connectivity index (χ1) is 22.5. The van der Waals surface area contributed by atoms with Gasteiger partial charge in [-0.1, -0.05) is 48.0 Å². The van der Waals surface area contributed by atoms with E-state index in [1.807, 2.05) is 41.5 Å². The van der Waals surface area contributed by atoms with Crippen LogP contribution < -0.4 is 5.32 Å². The number of rotatable bonds is 16. The molecule has 0 bridgehead atoms. The number of amides is 2. The summed E-state index contributed by atoms with van der Waals surface area (Å²) in [6, 6.07) is -1.92. The van der Waals surface area contributed by atoms with E-state index in [-0.39, 0.29) is 66.7 Å². The predicted molar refractivity (Wildman–Crippen MR) is 178 cm³/mol. The zero-order valence-corrected chi connectivity index (χ0v) is 29.7. The molecule has 1 saturated heterocycles. The first-order valence-electron chi connectivity index (χ1n) is 17.7. The van der Waals surface area contributed by atoms with Gasteiger partial charge < -0.3 is 15.3 Å². The quantitative estimate of drug-likeness (QED) is 0.195. The number of likely N-dealkylation sites (tertiary alicyclic amines) is 1. The molecule has 1 aromatic heterocycles. The fourth-order valence-corrected chi connectivity index (χ4v) is 7.61. The minimum atomic E-state index is -1.08. The van der Waals surface area contributed by atoms with E-state index in [2.05, 4.69) is 15.3 Å². The Bertz CT molecular complexity index is 1380. The van der Waals surface area contributed by atoms with E-state index in [1.165, 1.54) is 23.5 Å². The number of fused-ring (bicyclic) bond motifs is 1. The average Bonchev–Trinajstić information content (AvgIpc) is 3.67. The Morgan fingerprint density at radius 2 is 1.75 bits per heavy atom. The SMILES string of the molecule is CCCC(CC(=O)[C@@H]1[C@H]2CC[C@@](C)(O)[C@H]2CN1C(=O)C(NC(=O)[C@H](CC(=O)c1cnccn1)C(C)C)C(C)(C)C)C(=O)C(=O)CC1CC1. The van der Waals surface area contributed by atoms with Crippen molar-refractivity contribution in [2.24, 2.45) is 40.9 Å². The van der Waals surface area contributed by atoms with Crippen molar-refractivity contribution in [1.29, 1.82) is 0 Å². The van der Waals surface area contributed by atoms with Gasteiger partial charge in [0.05, 0.1) is 17.8 Å². The van der Waals surface area contributed by atoms with E-state index in [9.17, 15) is 33.9 Å². The van der Waals surface area contributed by atoms with Crippen LogP contribution in [0.2, 0.25) is 0 Å². The van der Waals surface area contributed by atoms with E-state index in [4.69, 9.17) is 0 Å². The molecule has 7 atom stereocenters. The van der Waals surface area contributed by atoms with Crippen LogP contribution in [-0.4, -0.2) is 79.2 Å². The zero-order chi connectivity index (χ0) is 35.6. The zero-order valence-electron chi connectivity index (χ0n) is 29.7. The van der Waals surface area contributed by atoms with E-state index in [0.29, 0.717) is 25.7 Å². The highest BCUT2D eigenvalue weighted by Crippen LogP contribution is 2.49. The van der Waals surface area contributed by atoms with Crippen molar-refractivity contribution in [3.05, 3.63) is 24.3 Å². The number of aliphatic hydroxyl groups is 1. The highest BCUT2D eigenvalue weighted by molar-refractivity contribution is 6.38. The number of hydrogen-bond acceptors (Lipinski definition) is 9. The Hall–Kier alpha value is -3.34. The Morgan fingerprint density at radius 3 is 2.31 bits per heavy atom. The maximum absolute atomic E-state index is 14.6. The monoisotopic (exact) mass is 666 g/mol. The van der Waals surface area contributed by atoms with Crippen LogP contribution in [0.4, 0.5) is 0 Å². The van der Waals surface area contributed by atoms with Crippen LogP contribution in [0.5, 0.6) is 0 Å². The molecule has 0 spiro atoms. The Morgan fingerprint density at radius 1 is 1.06 bits per heavy atom. The minimum absolute atomic E-state index is 0.114. The molecule has 2 amide bonds. The molecular weight excluding hydrogens is 612 g/mol. The molecule has 0 radical (unpaired) electrons. The number of aromatic nitrogens is 2. The van der Waals surface area contributed by atoms with Crippen LogP contribution in [0.15, 0.2) is 18.6 Å². The van der Waals surface area contributed by atoms with Crippen molar-refractivity contribution in [3.63, 3.8) is 0 Å². The topological polar surface area (TPSA) is 164 Å². The first kappa shape index (κ1) is 37.5. The molecule has 11 heteroatoms. The van der Waals surface area contributed by atoms with Crippen LogP contribution >= 0.6 is 0 Å². The normalized spacial score (nSPS) is 25.7. The van der Waals surface area contributed by atoms with Gasteiger partial charge in [-0.25, -0.2) is 4.98 Å². The summed E-state index contributed by atoms with van der Waals surface area (Å²) in [4.78, 5) is 91.2. The summed E-state index contributed by atoms with van der Waals surface area (Å²) in [5.74, 6) is -4.55. The van der Waals surface area contributed by atoms with Gasteiger partial charge in [0.15, 0.2) is 17.3 Å². The Balaban J connectivity index is 1.58. The molecule has 264 valence electrons. The van der Waals surface area contributed by atoms with Gasteiger partial charge in [-0.2, -0.15) is 0 Å². The van der Waals surface area contributed by atoms with Gasteiger partial charge in [-0.05, 0) is 62.2 Å². The largest absolute Gasteiger partial charge is 0.390 e. The standard InChI is InChI=1S/C37H54N4O7/c1-8-9-23(32(45)30(44)16-22-10-11-22)17-29(43)31-24-12-13-37(7,48)26(24)20-41(31)35(47)33(36(4,5)6)40-34(46)25(21(2)3)18-28(42)27-19-38-14-15-39-27/h14-15,19,21-26,31,33,48H,8-13,16-18,20H2,1-7H3,(H,40,46)/t23?,24-,25+,26-,31-,33?,37+/m0/s1. The third-order valence-corrected chi connectivity index (χ3v) is 10.7. The molecule has 2 saturated carbocycles. The predicted octanol–water partition coefficient (Wildman–Crippen LogP) is 4.15. The fraction of sp³-hybridized carbons (Fsp3) is 0.730. The van der Waals surface area contributed by atoms with Crippen molar-refractivity contribution in [3.8, 4) is 0 Å². The number of Topliss-reactive ketones (excluding diaryl/α,β-unsaturated/α-hetero) is 4. The van der Waals surface area contributed by atoms with Crippen LogP contribution in [0.3, 0.4) is 0 Å². The van der Waals surface area contributed by atoms with E-state index < -0.39 is 58.3 Å². The van der Waals surface area contributed by atoms with E-state index >= 15 is 0 Å². The second-order valence-corrected chi connectivity index (χ2v) is 16.1. The lowest BCUT2D eigenvalue weighted by Crippen LogP contribution is -2.58. The summed E-state index contributed by atoms with van der Waals surface area (Å²) >= 11 is 0. The third kappa shape index (κ3) is 8.62. The van der Waals surface area contributed by atoms with E-state index in [1.54, 1.807) is 6.92 Å². The van der Waals surface area contributed by atoms with Crippen LogP contribution in [0, 0.1) is 40.9 Å². The lowest BCUT2D eigenvalue weighted by Gasteiger charge is -2.37. The summed E-state index contributed by atoms with van der Waals surface area (Å²) in [5, 5.41) is 14.2. The van der Waals surface area contributed by atoms with Gasteiger partial charge >= 0.3 is 0 Å². The average molecular weight is 667 g/mol. The van der Waals surface area contributed by atoms with Gasteiger partial charge in [0.25, 0.3) is 0 Å². The van der Waals surface area contributed by atoms with Crippen molar-refractivity contribution < 1.29 is 33.9 Å². The van der Waals surface area contributed by atoms with Crippen LogP contribution in [0.1, 0.15) is 117 Å². The molecule has 1 aromatic rings. The summed E-state index contributed by atoms with van der Waals surface area (Å²) < 4.78 is 0. The molecule has 0 aromatic carbocycles. The number of carbonyl (C=O) groups excluding carboxylic acids is 6. The van der Waals surface area contributed by atoms with Gasteiger partial charge in [0.2, 0.25) is 17.6 Å². The number of carbonyl (C=O) groups is 6. The fourth-order valence-electron chi connectivity index (χ4n) is 7.61. The minimum Gasteiger partial charge on any atom is -0.390 e. The molecule has 3 aliphatic rings. The summed E-state index contributed by atoms with van der Waals surface area (Å²) in [5.41, 5.74) is -1.70. The smallest absolute Gasteiger partial charge is 0.246 e. The molecule has 11 nitrogen and oxygen atoms in total. The Kier molecular flexibility index (Phi) is 11.8. The van der Waals surface area contributed by atoms with Crippen molar-refractivity contribution >= 4 is 34.9 Å². The van der Waals surface area contributed by atoms with Gasteiger partial charge in [0, 0.05) is 56.0 Å². The lowest BCUT2D eigenvalue weighted by atomic mass is 9.82. The molecule has 2 unspecified atom stereocenters. The molecule has 2 aliphatic carbocycles. The highest BCUT2D eigenvalue weighted by atomic mass is 16.3. The Labute approximate surface area is 284 Å². The molecule has 1 aliphatic heterocycles. The maximum atomic E-state index is 14.6. The molecule has 2 heterocycles. The summed E-state index contributed by atoms with van der Waals surface area (Å²) in [7, 11) is 0. The second-order valence-electron chi connectivity index (χ2n) is 16.1. The van der Waals surface area contributed by atoms with Crippen molar-refractivity contribution in [2.75, 3.05) is 6.54 Å². The number of nitrogens with one attached hydrogen (secondary N) is 1. The molecule has 2 N–H and O–H groups in total. The molecule has 48 heavy (non-hydrogen) atoms.